The van der Waals surface area contributed by atoms with Crippen molar-refractivity contribution in [3.63, 3.8) is 0 Å². The van der Waals surface area contributed by atoms with Crippen molar-refractivity contribution >= 4 is 22.0 Å². The third kappa shape index (κ3) is 8.55. The van der Waals surface area contributed by atoms with Crippen molar-refractivity contribution in [3.8, 4) is 0 Å². The summed E-state index contributed by atoms with van der Waals surface area (Å²) in [6.07, 6.45) is 1.25. The number of ether oxygens (including phenoxy) is 1. The number of methoxy groups -OCH3 is 1. The van der Waals surface area contributed by atoms with E-state index in [2.05, 4.69) is 9.46 Å². The van der Waals surface area contributed by atoms with E-state index in [4.69, 9.17) is 5.11 Å². The van der Waals surface area contributed by atoms with E-state index >= 15 is 0 Å². The Balaban J connectivity index is 4.14. The smallest absolute Gasteiger partial charge is 0.307 e. The van der Waals surface area contributed by atoms with Crippen molar-refractivity contribution in [2.24, 2.45) is 5.92 Å². The fraction of sp³-hybridized carbons (Fsp3) is 0.818. The van der Waals surface area contributed by atoms with Crippen LogP contribution < -0.4 is 4.72 Å². The van der Waals surface area contributed by atoms with Gasteiger partial charge in [0.15, 0.2) is 0 Å². The van der Waals surface area contributed by atoms with Crippen LogP contribution in [0.1, 0.15) is 32.6 Å². The van der Waals surface area contributed by atoms with Crippen LogP contribution in [0.15, 0.2) is 0 Å². The zero-order valence-corrected chi connectivity index (χ0v) is 12.0. The van der Waals surface area contributed by atoms with Crippen LogP contribution >= 0.6 is 0 Å². The normalized spacial score (nSPS) is 12.9. The highest BCUT2D eigenvalue weighted by molar-refractivity contribution is 7.89. The second-order valence-corrected chi connectivity index (χ2v) is 6.10. The zero-order chi connectivity index (χ0) is 14.9. The highest BCUT2D eigenvalue weighted by Gasteiger charge is 2.19. The first-order valence-electron chi connectivity index (χ1n) is 6.09. The van der Waals surface area contributed by atoms with Crippen molar-refractivity contribution in [1.29, 1.82) is 0 Å². The molecule has 112 valence electrons. The Morgan fingerprint density at radius 3 is 2.47 bits per heavy atom. The topological polar surface area (TPSA) is 110 Å². The minimum Gasteiger partial charge on any atom is -0.481 e. The van der Waals surface area contributed by atoms with E-state index in [1.165, 1.54) is 7.11 Å². The minimum absolute atomic E-state index is 0.0225. The maximum atomic E-state index is 11.6. The van der Waals surface area contributed by atoms with Crippen LogP contribution in [0.25, 0.3) is 0 Å². The molecular formula is C11H21NO6S. The third-order valence-electron chi connectivity index (χ3n) is 2.56. The predicted octanol–water partition coefficient (Wildman–Crippen LogP) is 0.360. The summed E-state index contributed by atoms with van der Waals surface area (Å²) in [4.78, 5) is 21.7. The number of hydrogen-bond acceptors (Lipinski definition) is 5. The molecule has 0 saturated carbocycles. The summed E-state index contributed by atoms with van der Waals surface area (Å²) >= 11 is 0. The molecule has 0 aliphatic heterocycles. The first kappa shape index (κ1) is 17.8. The van der Waals surface area contributed by atoms with Crippen molar-refractivity contribution in [1.82, 2.24) is 4.72 Å². The van der Waals surface area contributed by atoms with Gasteiger partial charge in [-0.25, -0.2) is 13.1 Å². The van der Waals surface area contributed by atoms with E-state index in [9.17, 15) is 18.0 Å². The number of aliphatic carboxylic acids is 1. The summed E-state index contributed by atoms with van der Waals surface area (Å²) in [5, 5.41) is 8.89. The number of esters is 1. The van der Waals surface area contributed by atoms with Crippen LogP contribution in [0.2, 0.25) is 0 Å². The molecule has 1 atom stereocenters. The number of carbonyl (C=O) groups excluding carboxylic acids is 1. The number of nitrogens with one attached hydrogen (secondary N) is 1. The largest absolute Gasteiger partial charge is 0.481 e. The molecule has 2 N–H and O–H groups in total. The highest BCUT2D eigenvalue weighted by Crippen LogP contribution is 2.06. The molecule has 0 aromatic carbocycles. The summed E-state index contributed by atoms with van der Waals surface area (Å²) in [5.74, 6) is -2.43. The molecule has 0 heterocycles. The van der Waals surface area contributed by atoms with Gasteiger partial charge in [-0.15, -0.1) is 0 Å². The van der Waals surface area contributed by atoms with Crippen molar-refractivity contribution < 1.29 is 27.9 Å². The zero-order valence-electron chi connectivity index (χ0n) is 11.2. The predicted molar refractivity (Wildman–Crippen MR) is 69.1 cm³/mol. The SMILES string of the molecule is CCCC(CNS(=O)(=O)CCCC(=O)OC)C(=O)O. The molecule has 0 aromatic rings. The van der Waals surface area contributed by atoms with Gasteiger partial charge in [0, 0.05) is 13.0 Å². The number of rotatable bonds is 10. The maximum Gasteiger partial charge on any atom is 0.307 e. The summed E-state index contributed by atoms with van der Waals surface area (Å²) in [6, 6.07) is 0. The van der Waals surface area contributed by atoms with E-state index in [1.807, 2.05) is 6.92 Å². The summed E-state index contributed by atoms with van der Waals surface area (Å²) in [6.45, 7) is 1.71. The Bertz CT molecular complexity index is 392. The van der Waals surface area contributed by atoms with Crippen LogP contribution in [-0.2, 0) is 24.3 Å². The van der Waals surface area contributed by atoms with E-state index in [-0.39, 0.29) is 25.1 Å². The lowest BCUT2D eigenvalue weighted by molar-refractivity contribution is -0.142. The quantitative estimate of drug-likeness (QED) is 0.563. The van der Waals surface area contributed by atoms with E-state index in [0.717, 1.165) is 0 Å². The third-order valence-corrected chi connectivity index (χ3v) is 3.99. The average molecular weight is 295 g/mol. The molecule has 7 nitrogen and oxygen atoms in total. The molecule has 0 spiro atoms. The van der Waals surface area contributed by atoms with Gasteiger partial charge in [0.1, 0.15) is 0 Å². The van der Waals surface area contributed by atoms with Gasteiger partial charge in [-0.2, -0.15) is 0 Å². The molecule has 0 aliphatic rings. The van der Waals surface area contributed by atoms with Crippen LogP contribution in [-0.4, -0.2) is 44.9 Å². The number of sulfonamides is 1. The van der Waals surface area contributed by atoms with Crippen molar-refractivity contribution in [2.45, 2.75) is 32.6 Å². The van der Waals surface area contributed by atoms with E-state index < -0.39 is 27.9 Å². The lowest BCUT2D eigenvalue weighted by atomic mass is 10.1. The lowest BCUT2D eigenvalue weighted by Crippen LogP contribution is -2.34. The van der Waals surface area contributed by atoms with Crippen LogP contribution in [0.5, 0.6) is 0 Å². The number of hydrogen-bond donors (Lipinski definition) is 2. The second-order valence-electron chi connectivity index (χ2n) is 4.17. The Morgan fingerprint density at radius 1 is 1.37 bits per heavy atom. The number of carboxylic acids is 1. The summed E-state index contributed by atoms with van der Waals surface area (Å²) in [7, 11) is -2.32. The van der Waals surface area contributed by atoms with Crippen molar-refractivity contribution in [3.05, 3.63) is 0 Å². The van der Waals surface area contributed by atoms with Gasteiger partial charge in [0.05, 0.1) is 18.8 Å². The standard InChI is InChI=1S/C11H21NO6S/c1-3-5-9(11(14)15)8-12-19(16,17)7-4-6-10(13)18-2/h9,12H,3-8H2,1-2H3,(H,14,15). The monoisotopic (exact) mass is 295 g/mol. The molecule has 0 amide bonds. The molecule has 19 heavy (non-hydrogen) atoms. The average Bonchev–Trinajstić information content (AvgIpc) is 2.33. The van der Waals surface area contributed by atoms with E-state index in [1.54, 1.807) is 0 Å². The van der Waals surface area contributed by atoms with Gasteiger partial charge in [0.25, 0.3) is 0 Å². The first-order valence-corrected chi connectivity index (χ1v) is 7.74. The first-order chi connectivity index (χ1) is 8.82. The van der Waals surface area contributed by atoms with Gasteiger partial charge >= 0.3 is 11.9 Å². The molecule has 0 radical (unpaired) electrons. The summed E-state index contributed by atoms with van der Waals surface area (Å²) < 4.78 is 29.8. The van der Waals surface area contributed by atoms with Gasteiger partial charge in [0.2, 0.25) is 10.0 Å². The second kappa shape index (κ2) is 8.87. The molecule has 0 aromatic heterocycles. The number of carboxylic acid groups (broad SMARTS) is 1. The van der Waals surface area contributed by atoms with Crippen molar-refractivity contribution in [2.75, 3.05) is 19.4 Å². The molecule has 1 unspecified atom stereocenters. The maximum absolute atomic E-state index is 11.6. The Morgan fingerprint density at radius 2 is 2.00 bits per heavy atom. The van der Waals surface area contributed by atoms with Gasteiger partial charge in [-0.3, -0.25) is 9.59 Å². The fourth-order valence-electron chi connectivity index (χ4n) is 1.47. The molecule has 0 bridgehead atoms. The molecule has 0 saturated heterocycles. The minimum atomic E-state index is -3.55. The molecule has 0 aliphatic carbocycles. The highest BCUT2D eigenvalue weighted by atomic mass is 32.2. The molecule has 0 rings (SSSR count). The van der Waals surface area contributed by atoms with Crippen LogP contribution in [0, 0.1) is 5.92 Å². The van der Waals surface area contributed by atoms with Gasteiger partial charge in [-0.1, -0.05) is 13.3 Å². The molecule has 0 fully saturated rings. The molecular weight excluding hydrogens is 274 g/mol. The van der Waals surface area contributed by atoms with Gasteiger partial charge in [-0.05, 0) is 12.8 Å². The van der Waals surface area contributed by atoms with Crippen LogP contribution in [0.3, 0.4) is 0 Å². The summed E-state index contributed by atoms with van der Waals surface area (Å²) in [5.41, 5.74) is 0. The van der Waals surface area contributed by atoms with Crippen LogP contribution in [0.4, 0.5) is 0 Å². The van der Waals surface area contributed by atoms with E-state index in [0.29, 0.717) is 12.8 Å². The number of carbonyl (C=O) groups is 2. The fourth-order valence-corrected chi connectivity index (χ4v) is 2.59. The van der Waals surface area contributed by atoms with Gasteiger partial charge < -0.3 is 9.84 Å². The lowest BCUT2D eigenvalue weighted by Gasteiger charge is -2.12. The Kier molecular flexibility index (Phi) is 8.33. The Hall–Kier alpha value is -1.15. The Labute approximate surface area is 113 Å². The molecule has 8 heteroatoms.